The zero-order chi connectivity index (χ0) is 16.7. The Bertz CT molecular complexity index is 644. The van der Waals surface area contributed by atoms with E-state index in [0.717, 1.165) is 5.56 Å². The second-order valence-corrected chi connectivity index (χ2v) is 6.39. The summed E-state index contributed by atoms with van der Waals surface area (Å²) in [4.78, 5) is 12.1. The van der Waals surface area contributed by atoms with E-state index in [2.05, 4.69) is 10.6 Å². The standard InChI is InChI=1S/C18H21ClN2O2/c1-18(2,13-23-12-14-7-4-3-5-8-14)21-17(22)20-16-10-6-9-15(19)11-16/h3-11H,12-13H2,1-2H3,(H2,20,21,22). The maximum Gasteiger partial charge on any atom is 0.319 e. The van der Waals surface area contributed by atoms with Gasteiger partial charge in [0.2, 0.25) is 0 Å². The highest BCUT2D eigenvalue weighted by Crippen LogP contribution is 2.15. The first-order chi connectivity index (χ1) is 10.9. The van der Waals surface area contributed by atoms with E-state index in [-0.39, 0.29) is 6.03 Å². The van der Waals surface area contributed by atoms with Crippen LogP contribution >= 0.6 is 11.6 Å². The number of anilines is 1. The lowest BCUT2D eigenvalue weighted by atomic mass is 10.1. The van der Waals surface area contributed by atoms with E-state index in [1.54, 1.807) is 24.3 Å². The molecule has 0 unspecified atom stereocenters. The van der Waals surface area contributed by atoms with Gasteiger partial charge in [0.1, 0.15) is 0 Å². The topological polar surface area (TPSA) is 50.4 Å². The van der Waals surface area contributed by atoms with Crippen molar-refractivity contribution in [3.8, 4) is 0 Å². The molecule has 0 aliphatic carbocycles. The SMILES string of the molecule is CC(C)(COCc1ccccc1)NC(=O)Nc1cccc(Cl)c1. The van der Waals surface area contributed by atoms with Crippen LogP contribution in [0.5, 0.6) is 0 Å². The molecule has 0 saturated carbocycles. The summed E-state index contributed by atoms with van der Waals surface area (Å²) < 4.78 is 5.69. The Morgan fingerprint density at radius 3 is 2.57 bits per heavy atom. The summed E-state index contributed by atoms with van der Waals surface area (Å²) in [5.41, 5.74) is 1.26. The quantitative estimate of drug-likeness (QED) is 0.820. The van der Waals surface area contributed by atoms with E-state index in [1.165, 1.54) is 0 Å². The molecule has 0 heterocycles. The molecule has 0 atom stereocenters. The summed E-state index contributed by atoms with van der Waals surface area (Å²) in [5, 5.41) is 6.23. The minimum atomic E-state index is -0.489. The smallest absolute Gasteiger partial charge is 0.319 e. The van der Waals surface area contributed by atoms with Crippen LogP contribution in [-0.4, -0.2) is 18.2 Å². The van der Waals surface area contributed by atoms with Crippen molar-refractivity contribution in [2.45, 2.75) is 26.0 Å². The Morgan fingerprint density at radius 1 is 1.13 bits per heavy atom. The molecule has 122 valence electrons. The Kier molecular flexibility index (Phi) is 6.02. The summed E-state index contributed by atoms with van der Waals surface area (Å²) >= 11 is 5.90. The molecule has 0 aliphatic rings. The van der Waals surface area contributed by atoms with Gasteiger partial charge < -0.3 is 15.4 Å². The first-order valence-corrected chi connectivity index (χ1v) is 7.79. The van der Waals surface area contributed by atoms with Crippen LogP contribution in [0.15, 0.2) is 54.6 Å². The van der Waals surface area contributed by atoms with Gasteiger partial charge in [-0.2, -0.15) is 0 Å². The van der Waals surface area contributed by atoms with Crippen molar-refractivity contribution < 1.29 is 9.53 Å². The fraction of sp³-hybridized carbons (Fsp3) is 0.278. The number of benzene rings is 2. The van der Waals surface area contributed by atoms with Crippen molar-refractivity contribution in [3.05, 3.63) is 65.2 Å². The van der Waals surface area contributed by atoms with Crippen LogP contribution in [0.2, 0.25) is 5.02 Å². The molecule has 0 radical (unpaired) electrons. The second-order valence-electron chi connectivity index (χ2n) is 5.95. The lowest BCUT2D eigenvalue weighted by Crippen LogP contribution is -2.48. The highest BCUT2D eigenvalue weighted by atomic mass is 35.5. The zero-order valence-electron chi connectivity index (χ0n) is 13.3. The number of carbonyl (C=O) groups excluding carboxylic acids is 1. The van der Waals surface area contributed by atoms with E-state index in [0.29, 0.717) is 23.9 Å². The number of hydrogen-bond donors (Lipinski definition) is 2. The lowest BCUT2D eigenvalue weighted by molar-refractivity contribution is 0.0753. The van der Waals surface area contributed by atoms with E-state index in [9.17, 15) is 4.79 Å². The molecule has 23 heavy (non-hydrogen) atoms. The molecule has 2 amide bonds. The van der Waals surface area contributed by atoms with Gasteiger partial charge in [0.25, 0.3) is 0 Å². The molecule has 2 N–H and O–H groups in total. The molecule has 4 nitrogen and oxygen atoms in total. The maximum absolute atomic E-state index is 12.1. The molecule has 2 rings (SSSR count). The number of amides is 2. The normalized spacial score (nSPS) is 11.1. The number of ether oxygens (including phenoxy) is 1. The molecule has 2 aromatic rings. The Balaban J connectivity index is 1.79. The van der Waals surface area contributed by atoms with Gasteiger partial charge in [-0.15, -0.1) is 0 Å². The third-order valence-electron chi connectivity index (χ3n) is 3.11. The monoisotopic (exact) mass is 332 g/mol. The molecular formula is C18H21ClN2O2. The van der Waals surface area contributed by atoms with Crippen molar-refractivity contribution in [1.29, 1.82) is 0 Å². The lowest BCUT2D eigenvalue weighted by Gasteiger charge is -2.26. The molecule has 0 aliphatic heterocycles. The summed E-state index contributed by atoms with van der Waals surface area (Å²) in [6.45, 7) is 4.75. The Hall–Kier alpha value is -2.04. The molecular weight excluding hydrogens is 312 g/mol. The summed E-state index contributed by atoms with van der Waals surface area (Å²) in [6, 6.07) is 16.7. The minimum absolute atomic E-state index is 0.291. The fourth-order valence-electron chi connectivity index (χ4n) is 2.07. The Labute approximate surface area is 141 Å². The number of halogens is 1. The van der Waals surface area contributed by atoms with Crippen LogP contribution < -0.4 is 10.6 Å². The van der Waals surface area contributed by atoms with Crippen molar-refractivity contribution in [2.24, 2.45) is 0 Å². The van der Waals surface area contributed by atoms with E-state index < -0.39 is 5.54 Å². The van der Waals surface area contributed by atoms with Gasteiger partial charge in [-0.05, 0) is 37.6 Å². The highest BCUT2D eigenvalue weighted by molar-refractivity contribution is 6.30. The van der Waals surface area contributed by atoms with Crippen LogP contribution in [0.4, 0.5) is 10.5 Å². The number of carbonyl (C=O) groups is 1. The number of urea groups is 1. The summed E-state index contributed by atoms with van der Waals surface area (Å²) in [6.07, 6.45) is 0. The predicted octanol–water partition coefficient (Wildman–Crippen LogP) is 4.46. The van der Waals surface area contributed by atoms with E-state index in [4.69, 9.17) is 16.3 Å². The fourth-order valence-corrected chi connectivity index (χ4v) is 2.26. The highest BCUT2D eigenvalue weighted by Gasteiger charge is 2.20. The van der Waals surface area contributed by atoms with Gasteiger partial charge in [-0.3, -0.25) is 0 Å². The first kappa shape index (κ1) is 17.3. The molecule has 2 aromatic carbocycles. The second kappa shape index (κ2) is 7.99. The van der Waals surface area contributed by atoms with E-state index >= 15 is 0 Å². The minimum Gasteiger partial charge on any atom is -0.374 e. The van der Waals surface area contributed by atoms with Crippen LogP contribution in [0.25, 0.3) is 0 Å². The average Bonchev–Trinajstić information content (AvgIpc) is 2.47. The first-order valence-electron chi connectivity index (χ1n) is 7.41. The van der Waals surface area contributed by atoms with Crippen molar-refractivity contribution in [3.63, 3.8) is 0 Å². The molecule has 0 fully saturated rings. The van der Waals surface area contributed by atoms with Crippen LogP contribution in [0.1, 0.15) is 19.4 Å². The van der Waals surface area contributed by atoms with Gasteiger partial charge in [0.05, 0.1) is 18.8 Å². The Morgan fingerprint density at radius 2 is 1.87 bits per heavy atom. The third-order valence-corrected chi connectivity index (χ3v) is 3.34. The van der Waals surface area contributed by atoms with Gasteiger partial charge in [0, 0.05) is 10.7 Å². The largest absolute Gasteiger partial charge is 0.374 e. The van der Waals surface area contributed by atoms with Crippen molar-refractivity contribution in [1.82, 2.24) is 5.32 Å². The van der Waals surface area contributed by atoms with Crippen LogP contribution in [0, 0.1) is 0 Å². The van der Waals surface area contributed by atoms with Gasteiger partial charge >= 0.3 is 6.03 Å². The summed E-state index contributed by atoms with van der Waals surface area (Å²) in [7, 11) is 0. The molecule has 0 saturated heterocycles. The van der Waals surface area contributed by atoms with Gasteiger partial charge in [0.15, 0.2) is 0 Å². The molecule has 0 aromatic heterocycles. The molecule has 0 bridgehead atoms. The van der Waals surface area contributed by atoms with Gasteiger partial charge in [-0.1, -0.05) is 48.0 Å². The van der Waals surface area contributed by atoms with Crippen molar-refractivity contribution in [2.75, 3.05) is 11.9 Å². The maximum atomic E-state index is 12.1. The zero-order valence-corrected chi connectivity index (χ0v) is 14.1. The van der Waals surface area contributed by atoms with Gasteiger partial charge in [-0.25, -0.2) is 4.79 Å². The van der Waals surface area contributed by atoms with E-state index in [1.807, 2.05) is 44.2 Å². The predicted molar refractivity (Wildman–Crippen MR) is 93.8 cm³/mol. The number of rotatable bonds is 6. The van der Waals surface area contributed by atoms with Crippen LogP contribution in [-0.2, 0) is 11.3 Å². The number of hydrogen-bond acceptors (Lipinski definition) is 2. The third kappa shape index (κ3) is 6.30. The average molecular weight is 333 g/mol. The van der Waals surface area contributed by atoms with Crippen LogP contribution in [0.3, 0.4) is 0 Å². The number of nitrogens with one attached hydrogen (secondary N) is 2. The molecule has 5 heteroatoms. The van der Waals surface area contributed by atoms with Crippen molar-refractivity contribution >= 4 is 23.3 Å². The summed E-state index contributed by atoms with van der Waals surface area (Å²) in [5.74, 6) is 0. The molecule has 0 spiro atoms.